The van der Waals surface area contributed by atoms with E-state index in [1.54, 1.807) is 0 Å². The Morgan fingerprint density at radius 2 is 2.12 bits per heavy atom. The van der Waals surface area contributed by atoms with Crippen molar-refractivity contribution in [2.45, 2.75) is 50.6 Å². The van der Waals surface area contributed by atoms with Gasteiger partial charge in [-0.2, -0.15) is 11.8 Å². The van der Waals surface area contributed by atoms with Crippen LogP contribution in [0.15, 0.2) is 0 Å². The first-order valence-corrected chi connectivity index (χ1v) is 7.48. The molecule has 1 aliphatic heterocycles. The van der Waals surface area contributed by atoms with Crippen LogP contribution in [0.2, 0.25) is 0 Å². The van der Waals surface area contributed by atoms with Gasteiger partial charge in [-0.25, -0.2) is 0 Å². The smallest absolute Gasteiger partial charge is 0.238 e. The molecule has 1 unspecified atom stereocenters. The van der Waals surface area contributed by atoms with E-state index in [0.29, 0.717) is 0 Å². The van der Waals surface area contributed by atoms with Crippen molar-refractivity contribution in [1.82, 2.24) is 10.6 Å². The molecule has 0 radical (unpaired) electrons. The number of carbonyl (C=O) groups is 1. The van der Waals surface area contributed by atoms with E-state index in [1.165, 1.54) is 19.3 Å². The average Bonchev–Trinajstić information content (AvgIpc) is 2.30. The Balaban J connectivity index is 1.85. The first-order chi connectivity index (χ1) is 7.70. The zero-order valence-corrected chi connectivity index (χ0v) is 10.9. The van der Waals surface area contributed by atoms with E-state index in [9.17, 15) is 4.79 Å². The topological polar surface area (TPSA) is 41.1 Å². The molecule has 1 amide bonds. The summed E-state index contributed by atoms with van der Waals surface area (Å²) in [6.45, 7) is 3.15. The van der Waals surface area contributed by atoms with Crippen molar-refractivity contribution in [2.75, 3.05) is 18.1 Å². The van der Waals surface area contributed by atoms with Crippen LogP contribution in [-0.2, 0) is 4.79 Å². The highest BCUT2D eigenvalue weighted by Crippen LogP contribution is 2.27. The molecule has 0 aromatic rings. The Bertz CT molecular complexity index is 245. The SMILES string of the molecule is CC1(NC(=O)C2CSCCN2)CCCCC1. The van der Waals surface area contributed by atoms with Gasteiger partial charge in [-0.15, -0.1) is 0 Å². The fourth-order valence-corrected chi connectivity index (χ4v) is 3.51. The van der Waals surface area contributed by atoms with Gasteiger partial charge in [0.05, 0.1) is 6.04 Å². The third-order valence-electron chi connectivity index (χ3n) is 3.62. The van der Waals surface area contributed by atoms with Gasteiger partial charge in [-0.05, 0) is 19.8 Å². The Morgan fingerprint density at radius 1 is 1.38 bits per heavy atom. The van der Waals surface area contributed by atoms with Crippen molar-refractivity contribution in [3.05, 3.63) is 0 Å². The van der Waals surface area contributed by atoms with Crippen molar-refractivity contribution in [3.8, 4) is 0 Å². The summed E-state index contributed by atoms with van der Waals surface area (Å²) in [4.78, 5) is 12.1. The molecular weight excluding hydrogens is 220 g/mol. The van der Waals surface area contributed by atoms with Crippen LogP contribution in [0.4, 0.5) is 0 Å². The van der Waals surface area contributed by atoms with Gasteiger partial charge in [-0.1, -0.05) is 19.3 Å². The third kappa shape index (κ3) is 3.14. The zero-order chi connectivity index (χ0) is 11.4. The van der Waals surface area contributed by atoms with Crippen molar-refractivity contribution >= 4 is 17.7 Å². The van der Waals surface area contributed by atoms with Crippen LogP contribution < -0.4 is 10.6 Å². The highest BCUT2D eigenvalue weighted by atomic mass is 32.2. The Kier molecular flexibility index (Phi) is 4.14. The molecule has 1 saturated heterocycles. The van der Waals surface area contributed by atoms with Gasteiger partial charge in [0.15, 0.2) is 0 Å². The van der Waals surface area contributed by atoms with Gasteiger partial charge < -0.3 is 10.6 Å². The molecule has 4 heteroatoms. The fourth-order valence-electron chi connectivity index (χ4n) is 2.58. The van der Waals surface area contributed by atoms with Gasteiger partial charge in [0.1, 0.15) is 0 Å². The summed E-state index contributed by atoms with van der Waals surface area (Å²) in [6, 6.07) is 0.0255. The molecule has 2 rings (SSSR count). The van der Waals surface area contributed by atoms with Crippen LogP contribution in [0.25, 0.3) is 0 Å². The summed E-state index contributed by atoms with van der Waals surface area (Å²) < 4.78 is 0. The maximum Gasteiger partial charge on any atom is 0.238 e. The van der Waals surface area contributed by atoms with Gasteiger partial charge >= 0.3 is 0 Å². The molecule has 3 nitrogen and oxygen atoms in total. The minimum absolute atomic E-state index is 0.0255. The van der Waals surface area contributed by atoms with E-state index in [1.807, 2.05) is 11.8 Å². The first-order valence-electron chi connectivity index (χ1n) is 6.33. The molecule has 1 atom stereocenters. The highest BCUT2D eigenvalue weighted by Gasteiger charge is 2.31. The van der Waals surface area contributed by atoms with E-state index < -0.39 is 0 Å². The summed E-state index contributed by atoms with van der Waals surface area (Å²) in [5.41, 5.74) is 0.0547. The minimum atomic E-state index is 0.0255. The number of hydrogen-bond donors (Lipinski definition) is 2. The molecule has 2 fully saturated rings. The van der Waals surface area contributed by atoms with Crippen LogP contribution in [0.3, 0.4) is 0 Å². The molecule has 2 N–H and O–H groups in total. The molecule has 0 aromatic heterocycles. The van der Waals surface area contributed by atoms with Gasteiger partial charge in [0.2, 0.25) is 5.91 Å². The van der Waals surface area contributed by atoms with Crippen LogP contribution >= 0.6 is 11.8 Å². The Morgan fingerprint density at radius 3 is 2.75 bits per heavy atom. The zero-order valence-electron chi connectivity index (χ0n) is 10.1. The summed E-state index contributed by atoms with van der Waals surface area (Å²) >= 11 is 1.87. The van der Waals surface area contributed by atoms with Crippen molar-refractivity contribution < 1.29 is 4.79 Å². The number of carbonyl (C=O) groups excluding carboxylic acids is 1. The first kappa shape index (κ1) is 12.2. The second-order valence-corrected chi connectivity index (χ2v) is 6.34. The van der Waals surface area contributed by atoms with Crippen LogP contribution in [0.5, 0.6) is 0 Å². The molecule has 0 aromatic carbocycles. The summed E-state index contributed by atoms with van der Waals surface area (Å²) in [5, 5.41) is 6.54. The van der Waals surface area contributed by atoms with E-state index in [2.05, 4.69) is 17.6 Å². The summed E-state index contributed by atoms with van der Waals surface area (Å²) in [5.74, 6) is 2.25. The monoisotopic (exact) mass is 242 g/mol. The molecule has 1 heterocycles. The van der Waals surface area contributed by atoms with E-state index in [0.717, 1.165) is 30.9 Å². The molecule has 1 saturated carbocycles. The highest BCUT2D eigenvalue weighted by molar-refractivity contribution is 7.99. The van der Waals surface area contributed by atoms with Crippen molar-refractivity contribution in [2.24, 2.45) is 0 Å². The number of nitrogens with one attached hydrogen (secondary N) is 2. The van der Waals surface area contributed by atoms with Gasteiger partial charge in [0, 0.05) is 23.6 Å². The van der Waals surface area contributed by atoms with Gasteiger partial charge in [-0.3, -0.25) is 4.79 Å². The number of rotatable bonds is 2. The number of amides is 1. The number of hydrogen-bond acceptors (Lipinski definition) is 3. The fraction of sp³-hybridized carbons (Fsp3) is 0.917. The molecule has 2 aliphatic rings. The summed E-state index contributed by atoms with van der Waals surface area (Å²) in [6.07, 6.45) is 6.10. The van der Waals surface area contributed by atoms with Crippen molar-refractivity contribution in [3.63, 3.8) is 0 Å². The van der Waals surface area contributed by atoms with Crippen LogP contribution in [0.1, 0.15) is 39.0 Å². The largest absolute Gasteiger partial charge is 0.350 e. The minimum Gasteiger partial charge on any atom is -0.350 e. The normalized spacial score (nSPS) is 29.7. The third-order valence-corrected chi connectivity index (χ3v) is 4.68. The second kappa shape index (κ2) is 5.41. The van der Waals surface area contributed by atoms with E-state index in [-0.39, 0.29) is 17.5 Å². The molecule has 0 spiro atoms. The quantitative estimate of drug-likeness (QED) is 0.771. The standard InChI is InChI=1S/C12H22N2OS/c1-12(5-3-2-4-6-12)14-11(15)10-9-16-8-7-13-10/h10,13H,2-9H2,1H3,(H,14,15). The summed E-state index contributed by atoms with van der Waals surface area (Å²) in [7, 11) is 0. The average molecular weight is 242 g/mol. The van der Waals surface area contributed by atoms with Crippen LogP contribution in [0, 0.1) is 0 Å². The van der Waals surface area contributed by atoms with Gasteiger partial charge in [0.25, 0.3) is 0 Å². The second-order valence-electron chi connectivity index (χ2n) is 5.19. The predicted molar refractivity (Wildman–Crippen MR) is 68.7 cm³/mol. The lowest BCUT2D eigenvalue weighted by Gasteiger charge is -2.36. The lowest BCUT2D eigenvalue weighted by atomic mass is 9.83. The van der Waals surface area contributed by atoms with Crippen molar-refractivity contribution in [1.29, 1.82) is 0 Å². The molecule has 0 bridgehead atoms. The molecule has 92 valence electrons. The Hall–Kier alpha value is -0.220. The number of thioether (sulfide) groups is 1. The maximum absolute atomic E-state index is 12.1. The van der Waals surface area contributed by atoms with Crippen LogP contribution in [-0.4, -0.2) is 35.5 Å². The van der Waals surface area contributed by atoms with E-state index >= 15 is 0 Å². The molecule has 1 aliphatic carbocycles. The molecular formula is C12H22N2OS. The Labute approximate surface area is 102 Å². The predicted octanol–water partition coefficient (Wildman–Crippen LogP) is 1.53. The lowest BCUT2D eigenvalue weighted by Crippen LogP contribution is -2.56. The van der Waals surface area contributed by atoms with E-state index in [4.69, 9.17) is 0 Å². The lowest BCUT2D eigenvalue weighted by molar-refractivity contribution is -0.124. The molecule has 16 heavy (non-hydrogen) atoms. The maximum atomic E-state index is 12.1.